The fourth-order valence-corrected chi connectivity index (χ4v) is 2.74. The number of hydrogen-bond donors (Lipinski definition) is 1. The molecule has 1 saturated heterocycles. The zero-order chi connectivity index (χ0) is 15.5. The van der Waals surface area contributed by atoms with E-state index in [4.69, 9.17) is 0 Å². The Kier molecular flexibility index (Phi) is 5.22. The van der Waals surface area contributed by atoms with E-state index in [1.54, 1.807) is 0 Å². The summed E-state index contributed by atoms with van der Waals surface area (Å²) in [6, 6.07) is 3.19. The standard InChI is InChI=1S/C15H20F4N2/c1-21-7-3-2-4-13(21)10-20-9-11-5-6-12(16)8-14(11)15(17,18)19/h5-6,8,13,20H,2-4,7,9-10H2,1H3. The first-order valence-electron chi connectivity index (χ1n) is 7.14. The molecule has 0 aliphatic carbocycles. The molecule has 1 atom stereocenters. The summed E-state index contributed by atoms with van der Waals surface area (Å²) in [7, 11) is 2.03. The number of hydrogen-bond acceptors (Lipinski definition) is 2. The molecule has 0 bridgehead atoms. The van der Waals surface area contributed by atoms with E-state index in [0.29, 0.717) is 18.7 Å². The van der Waals surface area contributed by atoms with Crippen molar-refractivity contribution in [3.63, 3.8) is 0 Å². The van der Waals surface area contributed by atoms with Crippen molar-refractivity contribution in [1.29, 1.82) is 0 Å². The van der Waals surface area contributed by atoms with Gasteiger partial charge in [-0.15, -0.1) is 0 Å². The summed E-state index contributed by atoms with van der Waals surface area (Å²) in [5.41, 5.74) is -0.811. The number of benzene rings is 1. The Labute approximate surface area is 122 Å². The lowest BCUT2D eigenvalue weighted by atomic mass is 10.0. The zero-order valence-electron chi connectivity index (χ0n) is 12.0. The second kappa shape index (κ2) is 6.75. The van der Waals surface area contributed by atoms with Crippen LogP contribution in [0, 0.1) is 5.82 Å². The topological polar surface area (TPSA) is 15.3 Å². The maximum absolute atomic E-state index is 13.0. The molecule has 21 heavy (non-hydrogen) atoms. The normalized spacial score (nSPS) is 20.7. The Hall–Kier alpha value is -1.14. The monoisotopic (exact) mass is 304 g/mol. The molecule has 1 aromatic rings. The van der Waals surface area contributed by atoms with E-state index in [1.807, 2.05) is 7.05 Å². The van der Waals surface area contributed by atoms with E-state index in [2.05, 4.69) is 10.2 Å². The third kappa shape index (κ3) is 4.41. The summed E-state index contributed by atoms with van der Waals surface area (Å²) in [4.78, 5) is 2.23. The van der Waals surface area contributed by atoms with E-state index in [0.717, 1.165) is 25.5 Å². The third-order valence-electron chi connectivity index (χ3n) is 3.99. The van der Waals surface area contributed by atoms with Gasteiger partial charge in [0.1, 0.15) is 5.82 Å². The van der Waals surface area contributed by atoms with Crippen LogP contribution in [0.4, 0.5) is 17.6 Å². The lowest BCUT2D eigenvalue weighted by Gasteiger charge is -2.32. The SMILES string of the molecule is CN1CCCCC1CNCc1ccc(F)cc1C(F)(F)F. The molecule has 0 radical (unpaired) electrons. The van der Waals surface area contributed by atoms with E-state index in [1.165, 1.54) is 12.5 Å². The zero-order valence-corrected chi connectivity index (χ0v) is 12.0. The van der Waals surface area contributed by atoms with Gasteiger partial charge in [-0.1, -0.05) is 12.5 Å². The molecule has 1 fully saturated rings. The molecule has 1 aromatic carbocycles. The highest BCUT2D eigenvalue weighted by Crippen LogP contribution is 2.32. The van der Waals surface area contributed by atoms with E-state index >= 15 is 0 Å². The van der Waals surface area contributed by atoms with Crippen molar-refractivity contribution in [3.8, 4) is 0 Å². The minimum absolute atomic E-state index is 0.0855. The molecule has 1 heterocycles. The predicted molar refractivity (Wildman–Crippen MR) is 73.4 cm³/mol. The minimum atomic E-state index is -4.53. The Balaban J connectivity index is 1.97. The molecule has 1 unspecified atom stereocenters. The van der Waals surface area contributed by atoms with Crippen LogP contribution in [0.3, 0.4) is 0 Å². The Bertz CT molecular complexity index is 473. The van der Waals surface area contributed by atoms with Crippen molar-refractivity contribution >= 4 is 0 Å². The van der Waals surface area contributed by atoms with E-state index in [9.17, 15) is 17.6 Å². The highest BCUT2D eigenvalue weighted by atomic mass is 19.4. The van der Waals surface area contributed by atoms with Crippen molar-refractivity contribution in [2.75, 3.05) is 20.1 Å². The fraction of sp³-hybridized carbons (Fsp3) is 0.600. The number of likely N-dealkylation sites (N-methyl/N-ethyl adjacent to an activating group) is 1. The lowest BCUT2D eigenvalue weighted by Crippen LogP contribution is -2.43. The van der Waals surface area contributed by atoms with Gasteiger partial charge in [-0.3, -0.25) is 0 Å². The smallest absolute Gasteiger partial charge is 0.311 e. The maximum atomic E-state index is 13.0. The molecular formula is C15H20F4N2. The Morgan fingerprint density at radius 2 is 2.05 bits per heavy atom. The van der Waals surface area contributed by atoms with Crippen molar-refractivity contribution in [1.82, 2.24) is 10.2 Å². The number of piperidine rings is 1. The van der Waals surface area contributed by atoms with Gasteiger partial charge in [0.15, 0.2) is 0 Å². The van der Waals surface area contributed by atoms with Crippen molar-refractivity contribution in [3.05, 3.63) is 35.1 Å². The predicted octanol–water partition coefficient (Wildman–Crippen LogP) is 3.42. The summed E-state index contributed by atoms with van der Waals surface area (Å²) in [5.74, 6) is -0.863. The van der Waals surface area contributed by atoms with Gasteiger partial charge >= 0.3 is 6.18 Å². The molecule has 1 aliphatic heterocycles. The highest BCUT2D eigenvalue weighted by Gasteiger charge is 2.33. The second-order valence-corrected chi connectivity index (χ2v) is 5.56. The summed E-state index contributed by atoms with van der Waals surface area (Å²) in [6.07, 6.45) is -1.15. The maximum Gasteiger partial charge on any atom is 0.416 e. The van der Waals surface area contributed by atoms with Gasteiger partial charge in [0, 0.05) is 19.1 Å². The Morgan fingerprint density at radius 1 is 1.29 bits per heavy atom. The molecule has 118 valence electrons. The van der Waals surface area contributed by atoms with Gasteiger partial charge in [-0.2, -0.15) is 13.2 Å². The number of rotatable bonds is 4. The van der Waals surface area contributed by atoms with Crippen LogP contribution in [-0.4, -0.2) is 31.1 Å². The Morgan fingerprint density at radius 3 is 2.71 bits per heavy atom. The summed E-state index contributed by atoms with van der Waals surface area (Å²) >= 11 is 0. The van der Waals surface area contributed by atoms with Crippen molar-refractivity contribution in [2.45, 2.75) is 38.0 Å². The van der Waals surface area contributed by atoms with Crippen LogP contribution < -0.4 is 5.32 Å². The summed E-state index contributed by atoms with van der Waals surface area (Å²) in [6.45, 7) is 1.77. The highest BCUT2D eigenvalue weighted by molar-refractivity contribution is 5.30. The molecule has 0 spiro atoms. The van der Waals surface area contributed by atoms with Crippen LogP contribution in [0.25, 0.3) is 0 Å². The van der Waals surface area contributed by atoms with Crippen LogP contribution in [-0.2, 0) is 12.7 Å². The lowest BCUT2D eigenvalue weighted by molar-refractivity contribution is -0.138. The van der Waals surface area contributed by atoms with Crippen LogP contribution in [0.1, 0.15) is 30.4 Å². The molecule has 1 aliphatic rings. The summed E-state index contributed by atoms with van der Waals surface area (Å²) in [5, 5.41) is 3.07. The third-order valence-corrected chi connectivity index (χ3v) is 3.99. The molecule has 0 aromatic heterocycles. The van der Waals surface area contributed by atoms with Gasteiger partial charge < -0.3 is 10.2 Å². The number of alkyl halides is 3. The summed E-state index contributed by atoms with van der Waals surface area (Å²) < 4.78 is 51.6. The van der Waals surface area contributed by atoms with Gasteiger partial charge in [-0.25, -0.2) is 4.39 Å². The van der Waals surface area contributed by atoms with Crippen molar-refractivity contribution in [2.24, 2.45) is 0 Å². The fourth-order valence-electron chi connectivity index (χ4n) is 2.74. The largest absolute Gasteiger partial charge is 0.416 e. The van der Waals surface area contributed by atoms with Crippen LogP contribution >= 0.6 is 0 Å². The second-order valence-electron chi connectivity index (χ2n) is 5.56. The first kappa shape index (κ1) is 16.2. The number of likely N-dealkylation sites (tertiary alicyclic amines) is 1. The van der Waals surface area contributed by atoms with Crippen molar-refractivity contribution < 1.29 is 17.6 Å². The van der Waals surface area contributed by atoms with Gasteiger partial charge in [0.25, 0.3) is 0 Å². The van der Waals surface area contributed by atoms with Gasteiger partial charge in [0.05, 0.1) is 5.56 Å². The van der Waals surface area contributed by atoms with Crippen LogP contribution in [0.15, 0.2) is 18.2 Å². The molecule has 6 heteroatoms. The molecule has 2 nitrogen and oxygen atoms in total. The molecular weight excluding hydrogens is 284 g/mol. The van der Waals surface area contributed by atoms with Crippen LogP contribution in [0.5, 0.6) is 0 Å². The minimum Gasteiger partial charge on any atom is -0.311 e. The first-order chi connectivity index (χ1) is 9.88. The van der Waals surface area contributed by atoms with Gasteiger partial charge in [0.2, 0.25) is 0 Å². The molecule has 1 N–H and O–H groups in total. The average molecular weight is 304 g/mol. The molecule has 2 rings (SSSR count). The number of nitrogens with zero attached hydrogens (tertiary/aromatic N) is 1. The number of nitrogens with one attached hydrogen (secondary N) is 1. The quantitative estimate of drug-likeness (QED) is 0.858. The number of halogens is 4. The van der Waals surface area contributed by atoms with E-state index in [-0.39, 0.29) is 12.1 Å². The first-order valence-corrected chi connectivity index (χ1v) is 7.14. The van der Waals surface area contributed by atoms with Gasteiger partial charge in [-0.05, 0) is 44.1 Å². The van der Waals surface area contributed by atoms with Crippen LogP contribution in [0.2, 0.25) is 0 Å². The average Bonchev–Trinajstić information content (AvgIpc) is 2.41. The molecule has 0 saturated carbocycles. The molecule has 0 amide bonds. The van der Waals surface area contributed by atoms with E-state index < -0.39 is 17.6 Å².